The molecule has 14 heavy (non-hydrogen) atoms. The number of nitrogens with one attached hydrogen (secondary N) is 2. The number of hydrogen-bond acceptors (Lipinski definition) is 2. The second-order valence-corrected chi connectivity index (χ2v) is 10.5. The van der Waals surface area contributed by atoms with Crippen LogP contribution in [0.25, 0.3) is 0 Å². The molecule has 0 aliphatic rings. The summed E-state index contributed by atoms with van der Waals surface area (Å²) >= 11 is -1.16. The number of hydrogen-bond donors (Lipinski definition) is 2. The zero-order valence-electron chi connectivity index (χ0n) is 9.46. The molecule has 3 heteroatoms. The van der Waals surface area contributed by atoms with Crippen LogP contribution >= 0.6 is 0 Å². The minimum atomic E-state index is -1.16. The molecular weight excluding hydrogens is 230 g/mol. The first-order chi connectivity index (χ1) is 6.70. The third kappa shape index (κ3) is 2.56. The summed E-state index contributed by atoms with van der Waals surface area (Å²) in [6, 6.07) is 8.56. The van der Waals surface area contributed by atoms with Crippen molar-refractivity contribution in [3.63, 3.8) is 0 Å². The fourth-order valence-electron chi connectivity index (χ4n) is 1.84. The Hall–Kier alpha value is -0.384. The van der Waals surface area contributed by atoms with Gasteiger partial charge in [0, 0.05) is 0 Å². The van der Waals surface area contributed by atoms with E-state index >= 15 is 0 Å². The molecule has 1 atom stereocenters. The monoisotopic (exact) mass is 248 g/mol. The summed E-state index contributed by atoms with van der Waals surface area (Å²) in [5.41, 5.74) is 7.51. The molecule has 2 nitrogen and oxygen atoms in total. The van der Waals surface area contributed by atoms with Crippen LogP contribution in [-0.2, 0) is 0 Å². The van der Waals surface area contributed by atoms with Gasteiger partial charge in [-0.3, -0.25) is 0 Å². The molecule has 0 amide bonds. The molecule has 0 fully saturated rings. The van der Waals surface area contributed by atoms with E-state index in [2.05, 4.69) is 52.9 Å². The molecule has 1 aromatic carbocycles. The van der Waals surface area contributed by atoms with Crippen LogP contribution in [0.2, 0.25) is 11.0 Å². The average molecular weight is 249 g/mol. The zero-order chi connectivity index (χ0) is 10.6. The average Bonchev–Trinajstić information content (AvgIpc) is 2.19. The van der Waals surface area contributed by atoms with E-state index in [0.717, 1.165) is 0 Å². The van der Waals surface area contributed by atoms with Gasteiger partial charge in [-0.25, -0.2) is 0 Å². The van der Waals surface area contributed by atoms with Gasteiger partial charge in [-0.15, -0.1) is 0 Å². The third-order valence-corrected chi connectivity index (χ3v) is 6.79. The van der Waals surface area contributed by atoms with Crippen LogP contribution in [0.4, 0.5) is 5.69 Å². The van der Waals surface area contributed by atoms with Crippen LogP contribution in [0.3, 0.4) is 0 Å². The quantitative estimate of drug-likeness (QED) is 0.800. The Labute approximate surface area is 92.1 Å². The Morgan fingerprint density at radius 1 is 1.14 bits per heavy atom. The predicted molar refractivity (Wildman–Crippen MR) is 65.3 cm³/mol. The summed E-state index contributed by atoms with van der Waals surface area (Å²) in [4.78, 5) is 0. The summed E-state index contributed by atoms with van der Waals surface area (Å²) < 4.78 is 0.603. The van der Waals surface area contributed by atoms with Gasteiger partial charge in [-0.1, -0.05) is 0 Å². The van der Waals surface area contributed by atoms with Gasteiger partial charge in [-0.05, 0) is 0 Å². The summed E-state index contributed by atoms with van der Waals surface area (Å²) in [6.07, 6.45) is 0. The first kappa shape index (κ1) is 11.7. The van der Waals surface area contributed by atoms with Crippen molar-refractivity contribution in [3.8, 4) is 0 Å². The molecule has 0 aromatic heterocycles. The molecule has 0 radical (unpaired) electrons. The van der Waals surface area contributed by atoms with Crippen LogP contribution in [0.15, 0.2) is 24.3 Å². The SMILES string of the molecule is CNc1ccccc1[CH](NC)[Ga]([CH3])[CH3]. The van der Waals surface area contributed by atoms with Crippen LogP contribution in [-0.4, -0.2) is 30.3 Å². The summed E-state index contributed by atoms with van der Waals surface area (Å²) in [6.45, 7) is 0. The third-order valence-electron chi connectivity index (χ3n) is 2.54. The fourth-order valence-corrected chi connectivity index (χ4v) is 5.36. The Kier molecular flexibility index (Phi) is 4.58. The van der Waals surface area contributed by atoms with Gasteiger partial charge in [0.25, 0.3) is 0 Å². The molecule has 0 heterocycles. The fraction of sp³-hybridized carbons (Fsp3) is 0.455. The Bertz CT molecular complexity index is 286. The molecule has 76 valence electrons. The van der Waals surface area contributed by atoms with Crippen molar-refractivity contribution in [1.29, 1.82) is 0 Å². The number of rotatable bonds is 4. The molecule has 1 rings (SSSR count). The van der Waals surface area contributed by atoms with Crippen molar-refractivity contribution in [2.45, 2.75) is 15.6 Å². The minimum absolute atomic E-state index is 0.603. The number of anilines is 1. The van der Waals surface area contributed by atoms with Crippen molar-refractivity contribution >= 4 is 21.9 Å². The van der Waals surface area contributed by atoms with E-state index in [0.29, 0.717) is 4.60 Å². The van der Waals surface area contributed by atoms with Gasteiger partial charge in [0.15, 0.2) is 0 Å². The molecule has 0 aliphatic heterocycles. The number of benzene rings is 1. The van der Waals surface area contributed by atoms with E-state index in [1.165, 1.54) is 11.3 Å². The van der Waals surface area contributed by atoms with E-state index in [9.17, 15) is 0 Å². The standard InChI is InChI=1S/C9H13N2.2CH3.Ga/c1-10-7-8-5-3-4-6-9(8)11-2;;;/h3-7,10-11H,1-2H3;2*1H3;. The van der Waals surface area contributed by atoms with Gasteiger partial charge >= 0.3 is 92.0 Å². The molecule has 0 spiro atoms. The van der Waals surface area contributed by atoms with E-state index in [1.54, 1.807) is 0 Å². The van der Waals surface area contributed by atoms with Crippen molar-refractivity contribution in [1.82, 2.24) is 5.32 Å². The molecule has 0 saturated heterocycles. The molecule has 0 bridgehead atoms. The molecule has 0 saturated carbocycles. The van der Waals surface area contributed by atoms with Crippen molar-refractivity contribution in [3.05, 3.63) is 29.8 Å². The summed E-state index contributed by atoms with van der Waals surface area (Å²) in [7, 11) is 4.04. The van der Waals surface area contributed by atoms with Crippen molar-refractivity contribution in [2.24, 2.45) is 0 Å². The van der Waals surface area contributed by atoms with Gasteiger partial charge in [0.2, 0.25) is 0 Å². The van der Waals surface area contributed by atoms with Gasteiger partial charge < -0.3 is 0 Å². The first-order valence-electron chi connectivity index (χ1n) is 5.14. The predicted octanol–water partition coefficient (Wildman–Crippen LogP) is 2.28. The Morgan fingerprint density at radius 2 is 1.79 bits per heavy atom. The Balaban J connectivity index is 3.02. The second-order valence-electron chi connectivity index (χ2n) is 3.85. The van der Waals surface area contributed by atoms with Crippen molar-refractivity contribution in [2.75, 3.05) is 19.4 Å². The summed E-state index contributed by atoms with van der Waals surface area (Å²) in [5, 5.41) is 6.69. The van der Waals surface area contributed by atoms with Crippen LogP contribution < -0.4 is 10.6 Å². The zero-order valence-corrected chi connectivity index (χ0v) is 11.9. The van der Waals surface area contributed by atoms with Gasteiger partial charge in [0.05, 0.1) is 0 Å². The molecule has 1 unspecified atom stereocenters. The van der Waals surface area contributed by atoms with Crippen molar-refractivity contribution < 1.29 is 0 Å². The van der Waals surface area contributed by atoms with Gasteiger partial charge in [-0.2, -0.15) is 0 Å². The topological polar surface area (TPSA) is 24.1 Å². The Morgan fingerprint density at radius 3 is 2.29 bits per heavy atom. The normalized spacial score (nSPS) is 12.3. The molecule has 0 aliphatic carbocycles. The number of para-hydroxylation sites is 1. The second kappa shape index (κ2) is 5.49. The van der Waals surface area contributed by atoms with Crippen LogP contribution in [0, 0.1) is 0 Å². The summed E-state index contributed by atoms with van der Waals surface area (Å²) in [5.74, 6) is 0. The maximum atomic E-state index is 3.44. The molecular formula is C11H19GaN2. The van der Waals surface area contributed by atoms with E-state index in [-0.39, 0.29) is 0 Å². The maximum absolute atomic E-state index is 3.44. The first-order valence-corrected chi connectivity index (χ1v) is 11.4. The van der Waals surface area contributed by atoms with E-state index < -0.39 is 16.2 Å². The van der Waals surface area contributed by atoms with E-state index in [1.807, 2.05) is 7.05 Å². The van der Waals surface area contributed by atoms with E-state index in [4.69, 9.17) is 0 Å². The molecule has 2 N–H and O–H groups in total. The molecule has 1 aromatic rings. The van der Waals surface area contributed by atoms with Crippen LogP contribution in [0.5, 0.6) is 0 Å². The van der Waals surface area contributed by atoms with Crippen LogP contribution in [0.1, 0.15) is 10.2 Å². The van der Waals surface area contributed by atoms with Gasteiger partial charge in [0.1, 0.15) is 0 Å².